The minimum Gasteiger partial charge on any atom is -0.378 e. The first kappa shape index (κ1) is 18.0. The van der Waals surface area contributed by atoms with Crippen LogP contribution in [0.1, 0.15) is 40.5 Å². The van der Waals surface area contributed by atoms with Crippen LogP contribution in [0.4, 0.5) is 5.69 Å². The summed E-state index contributed by atoms with van der Waals surface area (Å²) in [5.74, 6) is 0.0296. The van der Waals surface area contributed by atoms with Crippen LogP contribution in [-0.4, -0.2) is 44.5 Å². The van der Waals surface area contributed by atoms with Crippen LogP contribution in [0, 0.1) is 0 Å². The molecular formula is C20H27N3OS. The Balaban J connectivity index is 1.73. The molecule has 1 amide bonds. The van der Waals surface area contributed by atoms with E-state index in [1.54, 1.807) is 0 Å². The molecule has 5 heteroatoms. The van der Waals surface area contributed by atoms with Crippen molar-refractivity contribution < 1.29 is 4.79 Å². The Kier molecular flexibility index (Phi) is 6.10. The molecule has 1 aromatic heterocycles. The normalized spacial score (nSPS) is 16.4. The third kappa shape index (κ3) is 4.61. The molecule has 0 aliphatic carbocycles. The highest BCUT2D eigenvalue weighted by atomic mass is 32.1. The van der Waals surface area contributed by atoms with Crippen LogP contribution in [0.3, 0.4) is 0 Å². The molecule has 1 saturated heterocycles. The summed E-state index contributed by atoms with van der Waals surface area (Å²) in [6.45, 7) is 2.86. The first-order valence-corrected chi connectivity index (χ1v) is 9.86. The predicted octanol–water partition coefficient (Wildman–Crippen LogP) is 3.77. The van der Waals surface area contributed by atoms with Crippen molar-refractivity contribution in [3.05, 3.63) is 52.2 Å². The van der Waals surface area contributed by atoms with Crippen LogP contribution in [0.25, 0.3) is 0 Å². The lowest BCUT2D eigenvalue weighted by Gasteiger charge is -2.35. The quantitative estimate of drug-likeness (QED) is 0.855. The molecule has 1 aromatic carbocycles. The van der Waals surface area contributed by atoms with Gasteiger partial charge in [-0.15, -0.1) is 11.3 Å². The SMILES string of the molecule is CN(C)c1ccc(C(CNC(=O)c2cccs2)N2CCCCC2)cc1. The van der Waals surface area contributed by atoms with Crippen LogP contribution >= 0.6 is 11.3 Å². The molecule has 0 saturated carbocycles. The van der Waals surface area contributed by atoms with Gasteiger partial charge in [0.2, 0.25) is 0 Å². The van der Waals surface area contributed by atoms with E-state index in [4.69, 9.17) is 0 Å². The van der Waals surface area contributed by atoms with Crippen molar-refractivity contribution in [2.24, 2.45) is 0 Å². The van der Waals surface area contributed by atoms with E-state index in [-0.39, 0.29) is 11.9 Å². The number of hydrogen-bond acceptors (Lipinski definition) is 4. The average molecular weight is 358 g/mol. The number of rotatable bonds is 6. The molecule has 0 radical (unpaired) electrons. The highest BCUT2D eigenvalue weighted by Gasteiger charge is 2.23. The molecule has 1 N–H and O–H groups in total. The molecule has 2 aromatic rings. The van der Waals surface area contributed by atoms with E-state index in [9.17, 15) is 4.79 Å². The number of benzene rings is 1. The van der Waals surface area contributed by atoms with Crippen molar-refractivity contribution in [2.45, 2.75) is 25.3 Å². The van der Waals surface area contributed by atoms with Gasteiger partial charge in [0.05, 0.1) is 10.9 Å². The van der Waals surface area contributed by atoms with Gasteiger partial charge in [-0.1, -0.05) is 24.6 Å². The summed E-state index contributed by atoms with van der Waals surface area (Å²) in [7, 11) is 4.11. The molecule has 0 bridgehead atoms. The summed E-state index contributed by atoms with van der Waals surface area (Å²) >= 11 is 1.49. The van der Waals surface area contributed by atoms with Crippen molar-refractivity contribution in [1.29, 1.82) is 0 Å². The molecule has 4 nitrogen and oxygen atoms in total. The summed E-state index contributed by atoms with van der Waals surface area (Å²) in [5.41, 5.74) is 2.47. The van der Waals surface area contributed by atoms with Crippen molar-refractivity contribution in [3.8, 4) is 0 Å². The van der Waals surface area contributed by atoms with Gasteiger partial charge >= 0.3 is 0 Å². The van der Waals surface area contributed by atoms with E-state index < -0.39 is 0 Å². The van der Waals surface area contributed by atoms with Crippen LogP contribution in [-0.2, 0) is 0 Å². The predicted molar refractivity (Wildman–Crippen MR) is 106 cm³/mol. The average Bonchev–Trinajstić information content (AvgIpc) is 3.18. The van der Waals surface area contributed by atoms with Gasteiger partial charge < -0.3 is 10.2 Å². The molecule has 0 spiro atoms. The Bertz CT molecular complexity index is 661. The number of nitrogens with zero attached hydrogens (tertiary/aromatic N) is 2. The fourth-order valence-electron chi connectivity index (χ4n) is 3.37. The number of nitrogens with one attached hydrogen (secondary N) is 1. The fourth-order valence-corrected chi connectivity index (χ4v) is 4.01. The topological polar surface area (TPSA) is 35.6 Å². The lowest BCUT2D eigenvalue weighted by molar-refractivity contribution is 0.0928. The Labute approximate surface area is 154 Å². The Morgan fingerprint density at radius 2 is 1.88 bits per heavy atom. The minimum atomic E-state index is 0.0296. The number of carbonyl (C=O) groups excluding carboxylic acids is 1. The highest BCUT2D eigenvalue weighted by molar-refractivity contribution is 7.12. The van der Waals surface area contributed by atoms with Gasteiger partial charge in [0, 0.05) is 26.3 Å². The van der Waals surface area contributed by atoms with Gasteiger partial charge in [0.15, 0.2) is 0 Å². The second-order valence-corrected chi connectivity index (χ2v) is 7.73. The Hall–Kier alpha value is -1.85. The maximum atomic E-state index is 12.3. The summed E-state index contributed by atoms with van der Waals surface area (Å²) in [6.07, 6.45) is 3.79. The summed E-state index contributed by atoms with van der Waals surface area (Å²) in [4.78, 5) is 17.7. The van der Waals surface area contributed by atoms with Gasteiger partial charge in [-0.25, -0.2) is 0 Å². The van der Waals surface area contributed by atoms with Crippen molar-refractivity contribution in [1.82, 2.24) is 10.2 Å². The van der Waals surface area contributed by atoms with Gasteiger partial charge in [0.1, 0.15) is 0 Å². The molecular weight excluding hydrogens is 330 g/mol. The van der Waals surface area contributed by atoms with Crippen LogP contribution in [0.5, 0.6) is 0 Å². The third-order valence-corrected chi connectivity index (χ3v) is 5.70. The van der Waals surface area contributed by atoms with Crippen LogP contribution in [0.15, 0.2) is 41.8 Å². The number of thiophene rings is 1. The smallest absolute Gasteiger partial charge is 0.261 e. The van der Waals surface area contributed by atoms with E-state index in [1.807, 2.05) is 17.5 Å². The second kappa shape index (κ2) is 8.50. The van der Waals surface area contributed by atoms with Gasteiger partial charge in [-0.05, 0) is 55.1 Å². The zero-order valence-electron chi connectivity index (χ0n) is 15.1. The van der Waals surface area contributed by atoms with Gasteiger partial charge in [-0.3, -0.25) is 9.69 Å². The van der Waals surface area contributed by atoms with E-state index in [0.717, 1.165) is 18.0 Å². The molecule has 134 valence electrons. The molecule has 1 aliphatic heterocycles. The minimum absolute atomic E-state index is 0.0296. The zero-order valence-corrected chi connectivity index (χ0v) is 15.9. The van der Waals surface area contributed by atoms with Gasteiger partial charge in [-0.2, -0.15) is 0 Å². The first-order chi connectivity index (χ1) is 12.1. The largest absolute Gasteiger partial charge is 0.378 e. The monoisotopic (exact) mass is 357 g/mol. The lowest BCUT2D eigenvalue weighted by Crippen LogP contribution is -2.40. The second-order valence-electron chi connectivity index (χ2n) is 6.79. The zero-order chi connectivity index (χ0) is 17.6. The third-order valence-electron chi connectivity index (χ3n) is 4.83. The van der Waals surface area contributed by atoms with Crippen LogP contribution in [0.2, 0.25) is 0 Å². The highest BCUT2D eigenvalue weighted by Crippen LogP contribution is 2.26. The number of piperidine rings is 1. The van der Waals surface area contributed by atoms with E-state index >= 15 is 0 Å². The molecule has 1 fully saturated rings. The molecule has 1 unspecified atom stereocenters. The van der Waals surface area contributed by atoms with E-state index in [1.165, 1.54) is 41.9 Å². The molecule has 1 aliphatic rings. The lowest BCUT2D eigenvalue weighted by atomic mass is 10.0. The maximum absolute atomic E-state index is 12.3. The van der Waals surface area contributed by atoms with E-state index in [0.29, 0.717) is 6.54 Å². The fraction of sp³-hybridized carbons (Fsp3) is 0.450. The van der Waals surface area contributed by atoms with Gasteiger partial charge in [0.25, 0.3) is 5.91 Å². The molecule has 1 atom stereocenters. The molecule has 25 heavy (non-hydrogen) atoms. The van der Waals surface area contributed by atoms with Crippen molar-refractivity contribution in [2.75, 3.05) is 38.6 Å². The van der Waals surface area contributed by atoms with Crippen LogP contribution < -0.4 is 10.2 Å². The number of amides is 1. The Morgan fingerprint density at radius 3 is 2.48 bits per heavy atom. The van der Waals surface area contributed by atoms with E-state index in [2.05, 4.69) is 53.5 Å². The number of likely N-dealkylation sites (tertiary alicyclic amines) is 1. The summed E-state index contributed by atoms with van der Waals surface area (Å²) in [6, 6.07) is 12.8. The van der Waals surface area contributed by atoms with Crippen molar-refractivity contribution >= 4 is 22.9 Å². The Morgan fingerprint density at radius 1 is 1.16 bits per heavy atom. The standard InChI is InChI=1S/C20H27N3OS/c1-22(2)17-10-8-16(9-11-17)18(23-12-4-3-5-13-23)15-21-20(24)19-7-6-14-25-19/h6-11,14,18H,3-5,12-13,15H2,1-2H3,(H,21,24). The number of anilines is 1. The van der Waals surface area contributed by atoms with Crippen molar-refractivity contribution in [3.63, 3.8) is 0 Å². The maximum Gasteiger partial charge on any atom is 0.261 e. The number of carbonyl (C=O) groups is 1. The number of hydrogen-bond donors (Lipinski definition) is 1. The molecule has 2 heterocycles. The summed E-state index contributed by atoms with van der Waals surface area (Å²) in [5, 5.41) is 5.08. The molecule has 3 rings (SSSR count). The summed E-state index contributed by atoms with van der Waals surface area (Å²) < 4.78 is 0. The first-order valence-electron chi connectivity index (χ1n) is 8.98.